The fourth-order valence-electron chi connectivity index (χ4n) is 1.61. The van der Waals surface area contributed by atoms with Crippen molar-refractivity contribution in [3.63, 3.8) is 0 Å². The minimum atomic E-state index is -1.24. The van der Waals surface area contributed by atoms with Gasteiger partial charge >= 0.3 is 0 Å². The van der Waals surface area contributed by atoms with E-state index < -0.39 is 6.08 Å². The zero-order chi connectivity index (χ0) is 13.0. The molecule has 0 fully saturated rings. The predicted molar refractivity (Wildman–Crippen MR) is 66.4 cm³/mol. The van der Waals surface area contributed by atoms with Crippen molar-refractivity contribution < 1.29 is 16.0 Å². The molecule has 0 heterocycles. The molecule has 98 valence electrons. The number of ether oxygens (including phenoxy) is 2. The summed E-state index contributed by atoms with van der Waals surface area (Å²) < 4.78 is 17.3. The molecule has 3 nitrogen and oxygen atoms in total. The van der Waals surface area contributed by atoms with Crippen molar-refractivity contribution in [1.29, 1.82) is 0 Å². The van der Waals surface area contributed by atoms with E-state index in [1.54, 1.807) is 14.0 Å². The molecule has 1 unspecified atom stereocenters. The van der Waals surface area contributed by atoms with Crippen molar-refractivity contribution in [3.8, 4) is 0 Å². The Bertz CT molecular complexity index is 157. The van der Waals surface area contributed by atoms with Gasteiger partial charge in [-0.15, -0.1) is 0 Å². The van der Waals surface area contributed by atoms with E-state index in [4.69, 9.17) is 10.8 Å². The normalized spacial score (nSPS) is 15.8. The van der Waals surface area contributed by atoms with Gasteiger partial charge in [0, 0.05) is 13.7 Å². The first-order valence-corrected chi connectivity index (χ1v) is 6.35. The summed E-state index contributed by atoms with van der Waals surface area (Å²) in [5, 5.41) is 9.20. The van der Waals surface area contributed by atoms with Crippen molar-refractivity contribution >= 4 is 0 Å². The molecule has 0 aliphatic heterocycles. The van der Waals surface area contributed by atoms with Crippen molar-refractivity contribution in [3.05, 3.63) is 0 Å². The lowest BCUT2D eigenvalue weighted by atomic mass is 10.1. The lowest BCUT2D eigenvalue weighted by Gasteiger charge is -2.04. The lowest BCUT2D eigenvalue weighted by molar-refractivity contribution is -0.0315. The standard InChI is InChI=1S/C13H28O3/c1-13(14)10-8-6-4-3-5-7-9-11-16-12-15-2/h13-14H,3-12H2,1-2H3/i13D. The molecule has 0 aromatic heterocycles. The Kier molecular flexibility index (Phi) is 11.3. The number of methoxy groups -OCH3 is 1. The second-order valence-corrected chi connectivity index (χ2v) is 4.27. The zero-order valence-corrected chi connectivity index (χ0v) is 10.8. The van der Waals surface area contributed by atoms with Crippen LogP contribution in [0.3, 0.4) is 0 Å². The molecule has 0 aromatic carbocycles. The van der Waals surface area contributed by atoms with E-state index >= 15 is 0 Å². The number of unbranched alkanes of at least 4 members (excludes halogenated alkanes) is 6. The van der Waals surface area contributed by atoms with E-state index in [1.807, 2.05) is 0 Å². The van der Waals surface area contributed by atoms with E-state index in [2.05, 4.69) is 0 Å². The SMILES string of the molecule is [2H]C(C)(O)CCCCCCCCCOCOC. The van der Waals surface area contributed by atoms with Gasteiger partial charge in [-0.05, 0) is 19.8 Å². The zero-order valence-electron chi connectivity index (χ0n) is 11.8. The van der Waals surface area contributed by atoms with Gasteiger partial charge in [0.05, 0.1) is 7.45 Å². The quantitative estimate of drug-likeness (QED) is 0.416. The lowest BCUT2D eigenvalue weighted by Crippen LogP contribution is -1.98. The van der Waals surface area contributed by atoms with Crippen molar-refractivity contribution in [1.82, 2.24) is 0 Å². The van der Waals surface area contributed by atoms with Gasteiger partial charge in [0.1, 0.15) is 6.79 Å². The van der Waals surface area contributed by atoms with E-state index in [-0.39, 0.29) is 0 Å². The fourth-order valence-corrected chi connectivity index (χ4v) is 1.61. The highest BCUT2D eigenvalue weighted by Crippen LogP contribution is 2.09. The van der Waals surface area contributed by atoms with Gasteiger partial charge in [-0.3, -0.25) is 0 Å². The van der Waals surface area contributed by atoms with E-state index in [9.17, 15) is 5.11 Å². The minimum Gasteiger partial charge on any atom is -0.393 e. The summed E-state index contributed by atoms with van der Waals surface area (Å²) in [7, 11) is 1.63. The molecule has 0 saturated heterocycles. The first-order chi connectivity index (χ1) is 8.06. The predicted octanol–water partition coefficient (Wildman–Crippen LogP) is 3.11. The van der Waals surface area contributed by atoms with Crippen LogP contribution in [0.1, 0.15) is 59.7 Å². The maximum absolute atomic E-state index is 9.20. The summed E-state index contributed by atoms with van der Waals surface area (Å²) in [6, 6.07) is 0. The van der Waals surface area contributed by atoms with Gasteiger partial charge in [-0.1, -0.05) is 38.5 Å². The molecule has 0 amide bonds. The van der Waals surface area contributed by atoms with Crippen LogP contribution in [0, 0.1) is 0 Å². The molecular weight excluding hydrogens is 204 g/mol. The summed E-state index contributed by atoms with van der Waals surface area (Å²) in [6.45, 7) is 2.73. The van der Waals surface area contributed by atoms with Gasteiger partial charge in [-0.25, -0.2) is 0 Å². The summed E-state index contributed by atoms with van der Waals surface area (Å²) in [6.07, 6.45) is 7.41. The average Bonchev–Trinajstić information content (AvgIpc) is 2.24. The molecule has 16 heavy (non-hydrogen) atoms. The third-order valence-corrected chi connectivity index (χ3v) is 2.53. The number of hydrogen-bond acceptors (Lipinski definition) is 3. The largest absolute Gasteiger partial charge is 0.393 e. The molecule has 0 radical (unpaired) electrons. The van der Waals surface area contributed by atoms with Gasteiger partial charge in [0.25, 0.3) is 0 Å². The topological polar surface area (TPSA) is 38.7 Å². The number of aliphatic hydroxyl groups is 1. The molecule has 0 aliphatic rings. The Morgan fingerprint density at radius 2 is 1.62 bits per heavy atom. The third-order valence-electron chi connectivity index (χ3n) is 2.53. The molecule has 0 spiro atoms. The van der Waals surface area contributed by atoms with Crippen molar-refractivity contribution in [2.24, 2.45) is 0 Å². The van der Waals surface area contributed by atoms with Crippen LogP contribution < -0.4 is 0 Å². The van der Waals surface area contributed by atoms with Crippen LogP contribution in [0.2, 0.25) is 0 Å². The minimum absolute atomic E-state index is 0.396. The molecule has 1 atom stereocenters. The summed E-state index contributed by atoms with van der Waals surface area (Å²) in [5.74, 6) is 0. The first kappa shape index (κ1) is 13.9. The summed E-state index contributed by atoms with van der Waals surface area (Å²) in [4.78, 5) is 0. The fraction of sp³-hybridized carbons (Fsp3) is 1.00. The van der Waals surface area contributed by atoms with Crippen molar-refractivity contribution in [2.45, 2.75) is 64.4 Å². The molecule has 1 N–H and O–H groups in total. The Morgan fingerprint density at radius 3 is 2.19 bits per heavy atom. The van der Waals surface area contributed by atoms with Gasteiger partial charge < -0.3 is 14.6 Å². The van der Waals surface area contributed by atoms with Crippen LogP contribution in [0.4, 0.5) is 0 Å². The Morgan fingerprint density at radius 1 is 1.06 bits per heavy atom. The molecule has 3 heteroatoms. The second kappa shape index (κ2) is 12.9. The molecule has 0 aromatic rings. The molecule has 0 rings (SSSR count). The Balaban J connectivity index is 2.99. The highest BCUT2D eigenvalue weighted by Gasteiger charge is 1.95. The van der Waals surface area contributed by atoms with Crippen LogP contribution in [0.5, 0.6) is 0 Å². The van der Waals surface area contributed by atoms with Crippen LogP contribution in [-0.2, 0) is 9.47 Å². The van der Waals surface area contributed by atoms with Crippen LogP contribution >= 0.6 is 0 Å². The molecule has 0 aliphatic carbocycles. The van der Waals surface area contributed by atoms with Gasteiger partial charge in [-0.2, -0.15) is 0 Å². The van der Waals surface area contributed by atoms with Crippen LogP contribution in [0.15, 0.2) is 0 Å². The number of hydrogen-bond donors (Lipinski definition) is 1. The monoisotopic (exact) mass is 233 g/mol. The molecular formula is C13H28O3. The summed E-state index contributed by atoms with van der Waals surface area (Å²) >= 11 is 0. The highest BCUT2D eigenvalue weighted by atomic mass is 16.7. The number of rotatable bonds is 12. The van der Waals surface area contributed by atoms with E-state index in [1.165, 1.54) is 25.7 Å². The molecule has 0 bridgehead atoms. The highest BCUT2D eigenvalue weighted by molar-refractivity contribution is 4.50. The Labute approximate surface area is 102 Å². The maximum atomic E-state index is 9.20. The smallest absolute Gasteiger partial charge is 0.146 e. The maximum Gasteiger partial charge on any atom is 0.146 e. The van der Waals surface area contributed by atoms with Crippen LogP contribution in [-0.4, -0.2) is 31.7 Å². The van der Waals surface area contributed by atoms with Crippen molar-refractivity contribution in [2.75, 3.05) is 20.5 Å². The average molecular weight is 233 g/mol. The van der Waals surface area contributed by atoms with E-state index in [0.717, 1.165) is 25.9 Å². The van der Waals surface area contributed by atoms with Gasteiger partial charge in [0.2, 0.25) is 0 Å². The molecule has 0 saturated carbocycles. The van der Waals surface area contributed by atoms with Gasteiger partial charge in [0.15, 0.2) is 0 Å². The third kappa shape index (κ3) is 13.9. The Hall–Kier alpha value is -0.120. The van der Waals surface area contributed by atoms with E-state index in [0.29, 0.717) is 13.2 Å². The first-order valence-electron chi connectivity index (χ1n) is 6.85. The second-order valence-electron chi connectivity index (χ2n) is 4.27. The summed E-state index contributed by atoms with van der Waals surface area (Å²) in [5.41, 5.74) is 0. The van der Waals surface area contributed by atoms with Crippen LogP contribution in [0.25, 0.3) is 0 Å².